The molecule has 1 atom stereocenters. The number of rotatable bonds is 3. The first kappa shape index (κ1) is 16.8. The molecule has 1 aliphatic heterocycles. The van der Waals surface area contributed by atoms with Gasteiger partial charge in [0, 0.05) is 23.2 Å². The topological polar surface area (TPSA) is 55.6 Å². The zero-order valence-electron chi connectivity index (χ0n) is 14.0. The highest BCUT2D eigenvalue weighted by atomic mass is 35.5. The largest absolute Gasteiger partial charge is 0.370 e. The van der Waals surface area contributed by atoms with Crippen molar-refractivity contribution in [2.24, 2.45) is 0 Å². The fraction of sp³-hybridized carbons (Fsp3) is 0.200. The van der Waals surface area contributed by atoms with Gasteiger partial charge in [-0.15, -0.1) is 0 Å². The Balaban J connectivity index is 1.50. The SMILES string of the molecule is O=C(c1cc(-c2ccc(Cl)cc2)on1)N1CCOC(c2ccccc2)C1. The standard InChI is InChI=1S/C20H17ClN2O3/c21-16-8-6-15(7-9-16)18-12-17(22-26-18)20(24)23-10-11-25-19(13-23)14-4-2-1-3-5-14/h1-9,12,19H,10-11,13H2. The lowest BCUT2D eigenvalue weighted by molar-refractivity contribution is -0.0231. The Morgan fingerprint density at radius 3 is 2.65 bits per heavy atom. The van der Waals surface area contributed by atoms with E-state index in [1.165, 1.54) is 0 Å². The Hall–Kier alpha value is -2.63. The molecule has 132 valence electrons. The summed E-state index contributed by atoms with van der Waals surface area (Å²) in [7, 11) is 0. The summed E-state index contributed by atoms with van der Waals surface area (Å²) in [5, 5.41) is 4.59. The van der Waals surface area contributed by atoms with Crippen LogP contribution in [-0.4, -0.2) is 35.7 Å². The van der Waals surface area contributed by atoms with Crippen molar-refractivity contribution in [2.45, 2.75) is 6.10 Å². The molecule has 0 saturated carbocycles. The number of nitrogens with zero attached hydrogens (tertiary/aromatic N) is 2. The van der Waals surface area contributed by atoms with Gasteiger partial charge in [0.2, 0.25) is 0 Å². The number of hydrogen-bond acceptors (Lipinski definition) is 4. The van der Waals surface area contributed by atoms with Crippen LogP contribution in [0.2, 0.25) is 5.02 Å². The zero-order valence-corrected chi connectivity index (χ0v) is 14.7. The summed E-state index contributed by atoms with van der Waals surface area (Å²) >= 11 is 5.90. The van der Waals surface area contributed by atoms with Crippen molar-refractivity contribution in [3.63, 3.8) is 0 Å². The van der Waals surface area contributed by atoms with E-state index >= 15 is 0 Å². The van der Waals surface area contributed by atoms with E-state index in [1.54, 1.807) is 23.1 Å². The van der Waals surface area contributed by atoms with Gasteiger partial charge in [0.15, 0.2) is 11.5 Å². The molecule has 4 rings (SSSR count). The van der Waals surface area contributed by atoms with Crippen LogP contribution in [0, 0.1) is 0 Å². The third-order valence-electron chi connectivity index (χ3n) is 4.38. The number of amides is 1. The van der Waals surface area contributed by atoms with Crippen molar-refractivity contribution >= 4 is 17.5 Å². The summed E-state index contributed by atoms with van der Waals surface area (Å²) < 4.78 is 11.2. The Bertz CT molecular complexity index is 893. The van der Waals surface area contributed by atoms with E-state index in [2.05, 4.69) is 5.16 Å². The Labute approximate surface area is 156 Å². The average Bonchev–Trinajstić information content (AvgIpc) is 3.19. The Kier molecular flexibility index (Phi) is 4.73. The zero-order chi connectivity index (χ0) is 17.9. The molecule has 6 heteroatoms. The molecule has 1 amide bonds. The van der Waals surface area contributed by atoms with Crippen LogP contribution in [0.4, 0.5) is 0 Å². The van der Waals surface area contributed by atoms with Crippen molar-refractivity contribution in [2.75, 3.05) is 19.7 Å². The van der Waals surface area contributed by atoms with Gasteiger partial charge in [-0.1, -0.05) is 47.1 Å². The van der Waals surface area contributed by atoms with E-state index < -0.39 is 0 Å². The van der Waals surface area contributed by atoms with Gasteiger partial charge in [0.1, 0.15) is 6.10 Å². The van der Waals surface area contributed by atoms with Gasteiger partial charge in [-0.25, -0.2) is 0 Å². The molecule has 0 N–H and O–H groups in total. The molecule has 3 aromatic rings. The molecular weight excluding hydrogens is 352 g/mol. The molecule has 5 nitrogen and oxygen atoms in total. The van der Waals surface area contributed by atoms with Gasteiger partial charge in [-0.2, -0.15) is 0 Å². The number of hydrogen-bond donors (Lipinski definition) is 0. The van der Waals surface area contributed by atoms with Crippen LogP contribution < -0.4 is 0 Å². The third-order valence-corrected chi connectivity index (χ3v) is 4.64. The predicted octanol–water partition coefficient (Wildman–Crippen LogP) is 4.21. The molecule has 0 radical (unpaired) electrons. The number of carbonyl (C=O) groups is 1. The molecule has 0 aliphatic carbocycles. The number of ether oxygens (including phenoxy) is 1. The second-order valence-corrected chi connectivity index (χ2v) is 6.54. The molecule has 1 fully saturated rings. The molecule has 0 spiro atoms. The normalized spacial score (nSPS) is 17.3. The molecule has 26 heavy (non-hydrogen) atoms. The maximum absolute atomic E-state index is 12.8. The first-order chi connectivity index (χ1) is 12.7. The molecule has 2 aromatic carbocycles. The van der Waals surface area contributed by atoms with E-state index in [9.17, 15) is 4.79 Å². The number of morpholine rings is 1. The Morgan fingerprint density at radius 2 is 1.88 bits per heavy atom. The fourth-order valence-corrected chi connectivity index (χ4v) is 3.12. The number of aromatic nitrogens is 1. The lowest BCUT2D eigenvalue weighted by Gasteiger charge is -2.32. The van der Waals surface area contributed by atoms with Crippen molar-refractivity contribution in [1.29, 1.82) is 0 Å². The molecule has 1 aromatic heterocycles. The number of halogens is 1. The lowest BCUT2D eigenvalue weighted by Crippen LogP contribution is -2.42. The highest BCUT2D eigenvalue weighted by Crippen LogP contribution is 2.25. The van der Waals surface area contributed by atoms with Gasteiger partial charge in [-0.3, -0.25) is 4.79 Å². The third kappa shape index (κ3) is 3.49. The van der Waals surface area contributed by atoms with Gasteiger partial charge in [-0.05, 0) is 29.8 Å². The van der Waals surface area contributed by atoms with E-state index in [1.807, 2.05) is 42.5 Å². The minimum absolute atomic E-state index is 0.128. The van der Waals surface area contributed by atoms with Crippen LogP contribution in [0.15, 0.2) is 65.2 Å². The summed E-state index contributed by atoms with van der Waals surface area (Å²) in [5.41, 5.74) is 2.18. The maximum atomic E-state index is 12.8. The van der Waals surface area contributed by atoms with Gasteiger partial charge in [0.05, 0.1) is 13.2 Å². The van der Waals surface area contributed by atoms with Crippen molar-refractivity contribution in [3.05, 3.63) is 76.9 Å². The quantitative estimate of drug-likeness (QED) is 0.695. The van der Waals surface area contributed by atoms with Crippen LogP contribution in [0.25, 0.3) is 11.3 Å². The first-order valence-electron chi connectivity index (χ1n) is 8.39. The first-order valence-corrected chi connectivity index (χ1v) is 8.77. The second kappa shape index (κ2) is 7.32. The number of benzene rings is 2. The van der Waals surface area contributed by atoms with Crippen LogP contribution in [0.1, 0.15) is 22.2 Å². The summed E-state index contributed by atoms with van der Waals surface area (Å²) in [6.45, 7) is 1.52. The van der Waals surface area contributed by atoms with E-state index in [0.717, 1.165) is 11.1 Å². The molecule has 2 heterocycles. The summed E-state index contributed by atoms with van der Waals surface area (Å²) in [6.07, 6.45) is -0.128. The maximum Gasteiger partial charge on any atom is 0.276 e. The van der Waals surface area contributed by atoms with E-state index in [0.29, 0.717) is 36.2 Å². The van der Waals surface area contributed by atoms with Crippen molar-refractivity contribution < 1.29 is 14.1 Å². The van der Waals surface area contributed by atoms with E-state index in [-0.39, 0.29) is 12.0 Å². The highest BCUT2D eigenvalue weighted by molar-refractivity contribution is 6.30. The van der Waals surface area contributed by atoms with Crippen LogP contribution in [0.5, 0.6) is 0 Å². The molecule has 1 unspecified atom stereocenters. The van der Waals surface area contributed by atoms with Crippen LogP contribution >= 0.6 is 11.6 Å². The Morgan fingerprint density at radius 1 is 1.12 bits per heavy atom. The number of carbonyl (C=O) groups excluding carboxylic acids is 1. The molecule has 1 saturated heterocycles. The predicted molar refractivity (Wildman–Crippen MR) is 98.0 cm³/mol. The van der Waals surface area contributed by atoms with Gasteiger partial charge in [0.25, 0.3) is 5.91 Å². The lowest BCUT2D eigenvalue weighted by atomic mass is 10.1. The van der Waals surface area contributed by atoms with Gasteiger partial charge >= 0.3 is 0 Å². The van der Waals surface area contributed by atoms with Crippen molar-refractivity contribution in [3.8, 4) is 11.3 Å². The van der Waals surface area contributed by atoms with E-state index in [4.69, 9.17) is 20.9 Å². The minimum Gasteiger partial charge on any atom is -0.370 e. The molecule has 1 aliphatic rings. The smallest absolute Gasteiger partial charge is 0.276 e. The van der Waals surface area contributed by atoms with Gasteiger partial charge < -0.3 is 14.2 Å². The van der Waals surface area contributed by atoms with Crippen LogP contribution in [-0.2, 0) is 4.74 Å². The second-order valence-electron chi connectivity index (χ2n) is 6.10. The average molecular weight is 369 g/mol. The van der Waals surface area contributed by atoms with Crippen LogP contribution in [0.3, 0.4) is 0 Å². The summed E-state index contributed by atoms with van der Waals surface area (Å²) in [4.78, 5) is 14.6. The molecular formula is C20H17ClN2O3. The highest BCUT2D eigenvalue weighted by Gasteiger charge is 2.28. The molecule has 0 bridgehead atoms. The minimum atomic E-state index is -0.154. The summed E-state index contributed by atoms with van der Waals surface area (Å²) in [6, 6.07) is 18.8. The monoisotopic (exact) mass is 368 g/mol. The fourth-order valence-electron chi connectivity index (χ4n) is 2.99. The summed E-state index contributed by atoms with van der Waals surface area (Å²) in [5.74, 6) is 0.385. The van der Waals surface area contributed by atoms with Crippen molar-refractivity contribution in [1.82, 2.24) is 10.1 Å².